The summed E-state index contributed by atoms with van der Waals surface area (Å²) in [5.41, 5.74) is -0.949. The molecule has 0 atom stereocenters. The van der Waals surface area contributed by atoms with Gasteiger partial charge in [0.05, 0.1) is 12.0 Å². The van der Waals surface area contributed by atoms with Crippen LogP contribution in [0, 0.1) is 5.41 Å². The number of rotatable bonds is 7. The van der Waals surface area contributed by atoms with Crippen LogP contribution >= 0.6 is 0 Å². The molecule has 0 aliphatic heterocycles. The van der Waals surface area contributed by atoms with Crippen molar-refractivity contribution in [1.82, 2.24) is 0 Å². The van der Waals surface area contributed by atoms with Crippen molar-refractivity contribution >= 4 is 11.9 Å². The van der Waals surface area contributed by atoms with Gasteiger partial charge in [0.25, 0.3) is 0 Å². The molecule has 0 radical (unpaired) electrons. The molecular formula is C9H16O5. The number of carboxylic acid groups (broad SMARTS) is 2. The molecule has 0 bridgehead atoms. The summed E-state index contributed by atoms with van der Waals surface area (Å²) in [6.07, 6.45) is 0.858. The summed E-state index contributed by atoms with van der Waals surface area (Å²) in [6.45, 7) is 3.00. The fourth-order valence-electron chi connectivity index (χ4n) is 1.15. The van der Waals surface area contributed by atoms with Crippen LogP contribution in [0.2, 0.25) is 0 Å². The Bertz CT molecular complexity index is 207. The Morgan fingerprint density at radius 2 is 1.71 bits per heavy atom. The minimum atomic E-state index is -1.09. The zero-order valence-electron chi connectivity index (χ0n) is 8.45. The van der Waals surface area contributed by atoms with Crippen LogP contribution in [0.25, 0.3) is 0 Å². The minimum absolute atomic E-state index is 0.0539. The summed E-state index contributed by atoms with van der Waals surface area (Å²) in [5.74, 6) is -2.02. The van der Waals surface area contributed by atoms with Gasteiger partial charge in [0, 0.05) is 0 Å². The van der Waals surface area contributed by atoms with Crippen LogP contribution in [0.15, 0.2) is 0 Å². The molecule has 0 rings (SSSR count). The Balaban J connectivity index is 4.22. The largest absolute Gasteiger partial charge is 0.481 e. The van der Waals surface area contributed by atoms with Gasteiger partial charge in [-0.2, -0.15) is 0 Å². The molecule has 0 spiro atoms. The van der Waals surface area contributed by atoms with E-state index >= 15 is 0 Å². The Morgan fingerprint density at radius 1 is 1.21 bits per heavy atom. The van der Waals surface area contributed by atoms with Gasteiger partial charge in [-0.05, 0) is 12.8 Å². The third-order valence-electron chi connectivity index (χ3n) is 2.41. The molecule has 2 N–H and O–H groups in total. The average Bonchev–Trinajstić information content (AvgIpc) is 2.12. The highest BCUT2D eigenvalue weighted by molar-refractivity contribution is 5.74. The monoisotopic (exact) mass is 204 g/mol. The maximum Gasteiger partial charge on any atom is 0.329 e. The van der Waals surface area contributed by atoms with E-state index in [0.717, 1.165) is 0 Å². The Hall–Kier alpha value is -1.10. The van der Waals surface area contributed by atoms with Crippen molar-refractivity contribution in [2.45, 2.75) is 26.7 Å². The number of carbonyl (C=O) groups is 2. The SMILES string of the molecule is CCC(CC)(COCC(=O)O)C(=O)O. The highest BCUT2D eigenvalue weighted by Crippen LogP contribution is 2.26. The molecule has 0 aromatic rings. The molecule has 0 fully saturated rings. The van der Waals surface area contributed by atoms with Gasteiger partial charge in [0.15, 0.2) is 0 Å². The van der Waals surface area contributed by atoms with Gasteiger partial charge in [-0.1, -0.05) is 13.8 Å². The molecule has 0 heterocycles. The highest BCUT2D eigenvalue weighted by Gasteiger charge is 2.35. The molecule has 0 unspecified atom stereocenters. The van der Waals surface area contributed by atoms with E-state index in [1.807, 2.05) is 0 Å². The van der Waals surface area contributed by atoms with Gasteiger partial charge >= 0.3 is 11.9 Å². The second-order valence-corrected chi connectivity index (χ2v) is 3.18. The zero-order chi connectivity index (χ0) is 11.2. The Kier molecular flexibility index (Phi) is 5.15. The number of hydrogen-bond acceptors (Lipinski definition) is 3. The molecule has 5 nitrogen and oxygen atoms in total. The van der Waals surface area contributed by atoms with Crippen molar-refractivity contribution in [3.8, 4) is 0 Å². The molecule has 5 heteroatoms. The van der Waals surface area contributed by atoms with Gasteiger partial charge in [-0.25, -0.2) is 4.79 Å². The van der Waals surface area contributed by atoms with Crippen LogP contribution in [-0.2, 0) is 14.3 Å². The summed E-state index contributed by atoms with van der Waals surface area (Å²) in [5, 5.41) is 17.3. The quantitative estimate of drug-likeness (QED) is 0.645. The number of carboxylic acids is 2. The first kappa shape index (κ1) is 12.9. The summed E-state index contributed by atoms with van der Waals surface area (Å²) in [4.78, 5) is 21.1. The van der Waals surface area contributed by atoms with Gasteiger partial charge in [-0.15, -0.1) is 0 Å². The Morgan fingerprint density at radius 3 is 2.00 bits per heavy atom. The molecular weight excluding hydrogens is 188 g/mol. The van der Waals surface area contributed by atoms with Crippen LogP contribution in [0.1, 0.15) is 26.7 Å². The predicted molar refractivity (Wildman–Crippen MR) is 49.1 cm³/mol. The topological polar surface area (TPSA) is 83.8 Å². The first-order chi connectivity index (χ1) is 6.48. The van der Waals surface area contributed by atoms with Crippen LogP contribution in [0.5, 0.6) is 0 Å². The van der Waals surface area contributed by atoms with E-state index in [9.17, 15) is 9.59 Å². The smallest absolute Gasteiger partial charge is 0.329 e. The van der Waals surface area contributed by atoms with E-state index in [4.69, 9.17) is 14.9 Å². The van der Waals surface area contributed by atoms with Gasteiger partial charge in [0.2, 0.25) is 0 Å². The maximum atomic E-state index is 10.9. The van der Waals surface area contributed by atoms with Gasteiger partial charge in [-0.3, -0.25) is 4.79 Å². The van der Waals surface area contributed by atoms with E-state index in [1.54, 1.807) is 13.8 Å². The summed E-state index contributed by atoms with van der Waals surface area (Å²) >= 11 is 0. The predicted octanol–water partition coefficient (Wildman–Crippen LogP) is 0.979. The summed E-state index contributed by atoms with van der Waals surface area (Å²) in [6, 6.07) is 0. The number of ether oxygens (including phenoxy) is 1. The fraction of sp³-hybridized carbons (Fsp3) is 0.778. The third-order valence-corrected chi connectivity index (χ3v) is 2.41. The number of hydrogen-bond donors (Lipinski definition) is 2. The normalized spacial score (nSPS) is 11.3. The lowest BCUT2D eigenvalue weighted by Crippen LogP contribution is -2.35. The lowest BCUT2D eigenvalue weighted by atomic mass is 9.83. The summed E-state index contributed by atoms with van der Waals surface area (Å²) < 4.78 is 4.82. The number of aliphatic carboxylic acids is 2. The van der Waals surface area contributed by atoms with E-state index in [1.165, 1.54) is 0 Å². The van der Waals surface area contributed by atoms with Crippen LogP contribution < -0.4 is 0 Å². The highest BCUT2D eigenvalue weighted by atomic mass is 16.5. The zero-order valence-corrected chi connectivity index (χ0v) is 8.45. The molecule has 0 aliphatic carbocycles. The van der Waals surface area contributed by atoms with Gasteiger partial charge in [0.1, 0.15) is 6.61 Å². The molecule has 14 heavy (non-hydrogen) atoms. The molecule has 0 saturated heterocycles. The van der Waals surface area contributed by atoms with E-state index < -0.39 is 24.0 Å². The standard InChI is InChI=1S/C9H16O5/c1-3-9(4-2,8(12)13)6-14-5-7(10)11/h3-6H2,1-2H3,(H,10,11)(H,12,13). The first-order valence-corrected chi connectivity index (χ1v) is 4.51. The molecule has 0 amide bonds. The Labute approximate surface area is 82.7 Å². The van der Waals surface area contributed by atoms with Crippen LogP contribution in [-0.4, -0.2) is 35.4 Å². The van der Waals surface area contributed by atoms with Crippen molar-refractivity contribution in [3.63, 3.8) is 0 Å². The third kappa shape index (κ3) is 3.33. The van der Waals surface area contributed by atoms with Crippen molar-refractivity contribution in [1.29, 1.82) is 0 Å². The average molecular weight is 204 g/mol. The molecule has 0 saturated carbocycles. The van der Waals surface area contributed by atoms with Crippen molar-refractivity contribution in [3.05, 3.63) is 0 Å². The fourth-order valence-corrected chi connectivity index (χ4v) is 1.15. The lowest BCUT2D eigenvalue weighted by Gasteiger charge is -2.25. The van der Waals surface area contributed by atoms with E-state index in [-0.39, 0.29) is 6.61 Å². The maximum absolute atomic E-state index is 10.9. The first-order valence-electron chi connectivity index (χ1n) is 4.51. The lowest BCUT2D eigenvalue weighted by molar-refractivity contribution is -0.157. The molecule has 0 aromatic carbocycles. The molecule has 0 aliphatic rings. The van der Waals surface area contributed by atoms with Crippen LogP contribution in [0.3, 0.4) is 0 Å². The van der Waals surface area contributed by atoms with Crippen molar-refractivity contribution in [2.24, 2.45) is 5.41 Å². The van der Waals surface area contributed by atoms with Crippen molar-refractivity contribution in [2.75, 3.05) is 13.2 Å². The van der Waals surface area contributed by atoms with E-state index in [2.05, 4.69) is 0 Å². The van der Waals surface area contributed by atoms with Crippen LogP contribution in [0.4, 0.5) is 0 Å². The van der Waals surface area contributed by atoms with Crippen molar-refractivity contribution < 1.29 is 24.5 Å². The second-order valence-electron chi connectivity index (χ2n) is 3.18. The van der Waals surface area contributed by atoms with E-state index in [0.29, 0.717) is 12.8 Å². The summed E-state index contributed by atoms with van der Waals surface area (Å²) in [7, 11) is 0. The molecule has 0 aromatic heterocycles. The minimum Gasteiger partial charge on any atom is -0.481 e. The second kappa shape index (κ2) is 5.59. The van der Waals surface area contributed by atoms with Gasteiger partial charge < -0.3 is 14.9 Å². The molecule has 82 valence electrons.